The van der Waals surface area contributed by atoms with E-state index < -0.39 is 0 Å². The number of carbonyl (C=O) groups excluding carboxylic acids is 2. The van der Waals surface area contributed by atoms with Crippen molar-refractivity contribution in [3.8, 4) is 0 Å². The third kappa shape index (κ3) is 5.54. The summed E-state index contributed by atoms with van der Waals surface area (Å²) >= 11 is 0. The van der Waals surface area contributed by atoms with Crippen molar-refractivity contribution in [3.05, 3.63) is 83.9 Å². The van der Waals surface area contributed by atoms with Gasteiger partial charge in [-0.05, 0) is 41.8 Å². The van der Waals surface area contributed by atoms with Crippen LogP contribution in [-0.2, 0) is 17.9 Å². The zero-order valence-corrected chi connectivity index (χ0v) is 15.9. The van der Waals surface area contributed by atoms with Crippen LogP contribution >= 0.6 is 0 Å². The summed E-state index contributed by atoms with van der Waals surface area (Å²) in [5, 5.41) is 5.79. The first-order valence-corrected chi connectivity index (χ1v) is 9.35. The number of nitrogens with zero attached hydrogens (tertiary/aromatic N) is 2. The molecule has 0 atom stereocenters. The van der Waals surface area contributed by atoms with Crippen LogP contribution in [0.3, 0.4) is 0 Å². The number of amides is 2. The SMILES string of the molecule is CCCC(=O)Nc1cccc(CNC(=O)c2ccc(Cn3ccnc3)cc2)c1. The highest BCUT2D eigenvalue weighted by atomic mass is 16.2. The Morgan fingerprint density at radius 2 is 1.89 bits per heavy atom. The molecule has 0 aliphatic carbocycles. The van der Waals surface area contributed by atoms with Gasteiger partial charge in [0.1, 0.15) is 0 Å². The highest BCUT2D eigenvalue weighted by Gasteiger charge is 2.07. The Labute approximate surface area is 164 Å². The topological polar surface area (TPSA) is 76.0 Å². The number of aromatic nitrogens is 2. The lowest BCUT2D eigenvalue weighted by atomic mass is 10.1. The minimum absolute atomic E-state index is 0.000492. The fourth-order valence-electron chi connectivity index (χ4n) is 2.85. The summed E-state index contributed by atoms with van der Waals surface area (Å²) in [4.78, 5) is 28.1. The molecule has 0 aliphatic rings. The van der Waals surface area contributed by atoms with Gasteiger partial charge in [-0.15, -0.1) is 0 Å². The second kappa shape index (κ2) is 9.50. The van der Waals surface area contributed by atoms with Crippen LogP contribution in [0.15, 0.2) is 67.3 Å². The molecule has 3 rings (SSSR count). The molecule has 2 aromatic carbocycles. The van der Waals surface area contributed by atoms with Crippen LogP contribution < -0.4 is 10.6 Å². The Morgan fingerprint density at radius 3 is 2.61 bits per heavy atom. The first kappa shape index (κ1) is 19.4. The zero-order chi connectivity index (χ0) is 19.8. The number of benzene rings is 2. The Morgan fingerprint density at radius 1 is 1.07 bits per heavy atom. The van der Waals surface area contributed by atoms with E-state index in [0.717, 1.165) is 29.8 Å². The summed E-state index contributed by atoms with van der Waals surface area (Å²) < 4.78 is 1.97. The summed E-state index contributed by atoms with van der Waals surface area (Å²) in [5.74, 6) is -0.130. The fourth-order valence-corrected chi connectivity index (χ4v) is 2.85. The van der Waals surface area contributed by atoms with Gasteiger partial charge in [-0.2, -0.15) is 0 Å². The molecule has 0 unspecified atom stereocenters. The molecule has 6 nitrogen and oxygen atoms in total. The molecule has 0 fully saturated rings. The third-order valence-electron chi connectivity index (χ3n) is 4.28. The summed E-state index contributed by atoms with van der Waals surface area (Å²) in [7, 11) is 0. The number of hydrogen-bond donors (Lipinski definition) is 2. The first-order valence-electron chi connectivity index (χ1n) is 9.35. The first-order chi connectivity index (χ1) is 13.6. The fraction of sp³-hybridized carbons (Fsp3) is 0.227. The average molecular weight is 376 g/mol. The maximum absolute atomic E-state index is 12.4. The zero-order valence-electron chi connectivity index (χ0n) is 15.9. The van der Waals surface area contributed by atoms with Crippen LogP contribution in [0.1, 0.15) is 41.3 Å². The van der Waals surface area contributed by atoms with Gasteiger partial charge in [-0.1, -0.05) is 31.2 Å². The Bertz CT molecular complexity index is 918. The van der Waals surface area contributed by atoms with E-state index in [1.165, 1.54) is 0 Å². The molecule has 2 N–H and O–H groups in total. The smallest absolute Gasteiger partial charge is 0.251 e. The minimum atomic E-state index is -0.130. The highest BCUT2D eigenvalue weighted by molar-refractivity contribution is 5.94. The molecule has 0 saturated heterocycles. The van der Waals surface area contributed by atoms with Gasteiger partial charge in [0.05, 0.1) is 6.33 Å². The standard InChI is InChI=1S/C22H24N4O2/c1-2-4-21(27)25-20-6-3-5-18(13-20)14-24-22(28)19-9-7-17(8-10-19)15-26-12-11-23-16-26/h3,5-13,16H,2,4,14-15H2,1H3,(H,24,28)(H,25,27). The predicted octanol–water partition coefficient (Wildman–Crippen LogP) is 3.60. The molecule has 6 heteroatoms. The van der Waals surface area contributed by atoms with Crippen LogP contribution in [0.25, 0.3) is 0 Å². The van der Waals surface area contributed by atoms with E-state index in [-0.39, 0.29) is 11.8 Å². The van der Waals surface area contributed by atoms with Crippen LogP contribution in [0, 0.1) is 0 Å². The van der Waals surface area contributed by atoms with Crippen molar-refractivity contribution in [2.24, 2.45) is 0 Å². The molecule has 0 saturated carbocycles. The van der Waals surface area contributed by atoms with Crippen molar-refractivity contribution in [2.75, 3.05) is 5.32 Å². The van der Waals surface area contributed by atoms with E-state index in [4.69, 9.17) is 0 Å². The summed E-state index contributed by atoms with van der Waals surface area (Å²) in [6, 6.07) is 15.0. The number of carbonyl (C=O) groups is 2. The van der Waals surface area contributed by atoms with E-state index in [1.54, 1.807) is 12.5 Å². The van der Waals surface area contributed by atoms with Gasteiger partial charge < -0.3 is 15.2 Å². The highest BCUT2D eigenvalue weighted by Crippen LogP contribution is 2.12. The van der Waals surface area contributed by atoms with Crippen LogP contribution in [-0.4, -0.2) is 21.4 Å². The van der Waals surface area contributed by atoms with E-state index >= 15 is 0 Å². The van der Waals surface area contributed by atoms with Crippen LogP contribution in [0.2, 0.25) is 0 Å². The Hall–Kier alpha value is -3.41. The number of hydrogen-bond acceptors (Lipinski definition) is 3. The Balaban J connectivity index is 1.54. The normalized spacial score (nSPS) is 10.5. The molecule has 0 bridgehead atoms. The Kier molecular flexibility index (Phi) is 6.57. The number of anilines is 1. The molecule has 3 aromatic rings. The third-order valence-corrected chi connectivity index (χ3v) is 4.28. The van der Waals surface area contributed by atoms with Crippen molar-refractivity contribution in [2.45, 2.75) is 32.9 Å². The van der Waals surface area contributed by atoms with Gasteiger partial charge >= 0.3 is 0 Å². The molecule has 0 radical (unpaired) electrons. The lowest BCUT2D eigenvalue weighted by Gasteiger charge is -2.09. The molecule has 0 spiro atoms. The molecule has 0 aliphatic heterocycles. The maximum Gasteiger partial charge on any atom is 0.251 e. The molecule has 28 heavy (non-hydrogen) atoms. The second-order valence-electron chi connectivity index (χ2n) is 6.61. The van der Waals surface area contributed by atoms with Gasteiger partial charge in [0.15, 0.2) is 0 Å². The van der Waals surface area contributed by atoms with Crippen molar-refractivity contribution < 1.29 is 9.59 Å². The van der Waals surface area contributed by atoms with Crippen molar-refractivity contribution in [3.63, 3.8) is 0 Å². The molecule has 1 heterocycles. The quantitative estimate of drug-likeness (QED) is 0.631. The maximum atomic E-state index is 12.4. The van der Waals surface area contributed by atoms with Gasteiger partial charge in [0.2, 0.25) is 5.91 Å². The largest absolute Gasteiger partial charge is 0.348 e. The minimum Gasteiger partial charge on any atom is -0.348 e. The molecule has 144 valence electrons. The van der Waals surface area contributed by atoms with E-state index in [9.17, 15) is 9.59 Å². The van der Waals surface area contributed by atoms with Crippen molar-refractivity contribution in [1.82, 2.24) is 14.9 Å². The number of rotatable bonds is 8. The summed E-state index contributed by atoms with van der Waals surface area (Å²) in [6.45, 7) is 3.08. The molecular formula is C22H24N4O2. The van der Waals surface area contributed by atoms with Gasteiger partial charge in [0, 0.05) is 43.2 Å². The van der Waals surface area contributed by atoms with Crippen molar-refractivity contribution >= 4 is 17.5 Å². The second-order valence-corrected chi connectivity index (χ2v) is 6.61. The van der Waals surface area contributed by atoms with Crippen LogP contribution in [0.5, 0.6) is 0 Å². The lowest BCUT2D eigenvalue weighted by Crippen LogP contribution is -2.22. The van der Waals surface area contributed by atoms with E-state index in [0.29, 0.717) is 18.5 Å². The van der Waals surface area contributed by atoms with E-state index in [1.807, 2.05) is 66.2 Å². The predicted molar refractivity (Wildman–Crippen MR) is 109 cm³/mol. The molecular weight excluding hydrogens is 352 g/mol. The van der Waals surface area contributed by atoms with E-state index in [2.05, 4.69) is 15.6 Å². The lowest BCUT2D eigenvalue weighted by molar-refractivity contribution is -0.116. The van der Waals surface area contributed by atoms with Gasteiger partial charge in [-0.3, -0.25) is 9.59 Å². The summed E-state index contributed by atoms with van der Waals surface area (Å²) in [5.41, 5.74) is 3.39. The number of imidazole rings is 1. The molecule has 1 aromatic heterocycles. The van der Waals surface area contributed by atoms with Gasteiger partial charge in [-0.25, -0.2) is 4.98 Å². The monoisotopic (exact) mass is 376 g/mol. The summed E-state index contributed by atoms with van der Waals surface area (Å²) in [6.07, 6.45) is 6.71. The van der Waals surface area contributed by atoms with Gasteiger partial charge in [0.25, 0.3) is 5.91 Å². The number of nitrogens with one attached hydrogen (secondary N) is 2. The average Bonchev–Trinajstić information content (AvgIpc) is 3.20. The van der Waals surface area contributed by atoms with Crippen molar-refractivity contribution in [1.29, 1.82) is 0 Å². The van der Waals surface area contributed by atoms with Crippen LogP contribution in [0.4, 0.5) is 5.69 Å². The molecule has 2 amide bonds.